The molecule has 4 heteroatoms. The zero-order chi connectivity index (χ0) is 9.42. The highest BCUT2D eigenvalue weighted by atomic mass is 127. The summed E-state index contributed by atoms with van der Waals surface area (Å²) in [6.45, 7) is 0. The van der Waals surface area contributed by atoms with Crippen LogP contribution in [0, 0.1) is 14.9 Å². The van der Waals surface area contributed by atoms with Gasteiger partial charge in [0.2, 0.25) is 0 Å². The smallest absolute Gasteiger partial charge is 0.117 e. The Labute approximate surface area is 92.6 Å². The number of hydrogen-bond donors (Lipinski definition) is 1. The van der Waals surface area contributed by atoms with Gasteiger partial charge >= 0.3 is 0 Å². The summed E-state index contributed by atoms with van der Waals surface area (Å²) in [5.41, 5.74) is 0.633. The van der Waals surface area contributed by atoms with Gasteiger partial charge < -0.3 is 5.11 Å². The van der Waals surface area contributed by atoms with Gasteiger partial charge in [0.15, 0.2) is 0 Å². The lowest BCUT2D eigenvalue weighted by Gasteiger charge is -1.95. The Balaban J connectivity index is 2.92. The number of thiophene rings is 1. The molecule has 0 atom stereocenters. The molecule has 0 aliphatic rings. The lowest BCUT2D eigenvalue weighted by molar-refractivity contribution is 0.476. The van der Waals surface area contributed by atoms with Gasteiger partial charge in [-0.15, -0.1) is 11.3 Å². The van der Waals surface area contributed by atoms with Crippen molar-refractivity contribution in [3.63, 3.8) is 0 Å². The molecule has 13 heavy (non-hydrogen) atoms. The number of hydrogen-bond acceptors (Lipinski definition) is 3. The van der Waals surface area contributed by atoms with Gasteiger partial charge in [0.25, 0.3) is 0 Å². The van der Waals surface area contributed by atoms with Crippen molar-refractivity contribution in [2.45, 2.75) is 0 Å². The van der Waals surface area contributed by atoms with Crippen molar-refractivity contribution in [2.24, 2.45) is 0 Å². The van der Waals surface area contributed by atoms with Crippen LogP contribution in [0.25, 0.3) is 10.1 Å². The Bertz CT molecular complexity index is 512. The molecular weight excluding hydrogens is 297 g/mol. The van der Waals surface area contributed by atoms with Crippen LogP contribution in [0.15, 0.2) is 17.5 Å². The molecule has 64 valence electrons. The standard InChI is InChI=1S/C9H4INOS/c10-8-2-6(12)1-7-5(3-11)4-13-9(7)8/h1-2,4,12H. The van der Waals surface area contributed by atoms with Crippen LogP contribution in [-0.4, -0.2) is 5.11 Å². The van der Waals surface area contributed by atoms with Gasteiger partial charge in [-0.2, -0.15) is 5.26 Å². The molecule has 0 aliphatic heterocycles. The van der Waals surface area contributed by atoms with Crippen molar-refractivity contribution in [3.8, 4) is 11.8 Å². The van der Waals surface area contributed by atoms with E-state index in [0.717, 1.165) is 13.7 Å². The molecule has 2 aromatic rings. The van der Waals surface area contributed by atoms with E-state index in [2.05, 4.69) is 28.7 Å². The third kappa shape index (κ3) is 1.38. The van der Waals surface area contributed by atoms with E-state index in [4.69, 9.17) is 5.26 Å². The number of aromatic hydroxyl groups is 1. The van der Waals surface area contributed by atoms with Gasteiger partial charge in [-0.05, 0) is 34.7 Å². The molecule has 0 saturated heterocycles. The van der Waals surface area contributed by atoms with Gasteiger partial charge in [0, 0.05) is 19.0 Å². The number of phenolic OH excluding ortho intramolecular Hbond substituents is 1. The molecule has 0 radical (unpaired) electrons. The monoisotopic (exact) mass is 301 g/mol. The predicted molar refractivity (Wildman–Crippen MR) is 60.9 cm³/mol. The molecule has 0 unspecified atom stereocenters. The van der Waals surface area contributed by atoms with Gasteiger partial charge in [-0.1, -0.05) is 0 Å². The Hall–Kier alpha value is -0.800. The first-order valence-electron chi connectivity index (χ1n) is 3.52. The number of halogens is 1. The maximum absolute atomic E-state index is 9.34. The third-order valence-corrected chi connectivity index (χ3v) is 3.98. The first-order valence-corrected chi connectivity index (χ1v) is 5.48. The Morgan fingerprint density at radius 3 is 2.92 bits per heavy atom. The van der Waals surface area contributed by atoms with E-state index in [-0.39, 0.29) is 5.75 Å². The van der Waals surface area contributed by atoms with Crippen molar-refractivity contribution >= 4 is 44.0 Å². The summed E-state index contributed by atoms with van der Waals surface area (Å²) >= 11 is 3.69. The Kier molecular flexibility index (Phi) is 2.14. The van der Waals surface area contributed by atoms with Gasteiger partial charge in [0.1, 0.15) is 11.8 Å². The van der Waals surface area contributed by atoms with Crippen molar-refractivity contribution in [2.75, 3.05) is 0 Å². The average molecular weight is 301 g/mol. The van der Waals surface area contributed by atoms with Crippen LogP contribution in [0.5, 0.6) is 5.75 Å². The van der Waals surface area contributed by atoms with Crippen LogP contribution in [0.2, 0.25) is 0 Å². The molecule has 1 N–H and O–H groups in total. The van der Waals surface area contributed by atoms with Crippen LogP contribution < -0.4 is 0 Å². The van der Waals surface area contributed by atoms with Crippen molar-refractivity contribution < 1.29 is 5.11 Å². The largest absolute Gasteiger partial charge is 0.508 e. The summed E-state index contributed by atoms with van der Waals surface area (Å²) < 4.78 is 2.05. The fourth-order valence-electron chi connectivity index (χ4n) is 1.17. The number of phenols is 1. The fourth-order valence-corrected chi connectivity index (χ4v) is 3.04. The Morgan fingerprint density at radius 1 is 1.46 bits per heavy atom. The molecule has 0 aliphatic carbocycles. The summed E-state index contributed by atoms with van der Waals surface area (Å²) in [7, 11) is 0. The van der Waals surface area contributed by atoms with Gasteiger partial charge in [0.05, 0.1) is 5.56 Å². The Morgan fingerprint density at radius 2 is 2.23 bits per heavy atom. The van der Waals surface area contributed by atoms with Crippen molar-refractivity contribution in [1.82, 2.24) is 0 Å². The van der Waals surface area contributed by atoms with Crippen molar-refractivity contribution in [1.29, 1.82) is 5.26 Å². The summed E-state index contributed by atoms with van der Waals surface area (Å²) in [6.07, 6.45) is 0. The summed E-state index contributed by atoms with van der Waals surface area (Å²) in [4.78, 5) is 0. The second kappa shape index (κ2) is 3.16. The fraction of sp³-hybridized carbons (Fsp3) is 0. The molecule has 1 heterocycles. The molecule has 2 nitrogen and oxygen atoms in total. The van der Waals surface area contributed by atoms with E-state index >= 15 is 0 Å². The van der Waals surface area contributed by atoms with Gasteiger partial charge in [-0.25, -0.2) is 0 Å². The highest BCUT2D eigenvalue weighted by molar-refractivity contribution is 14.1. The predicted octanol–water partition coefficient (Wildman–Crippen LogP) is 3.08. The second-order valence-electron chi connectivity index (χ2n) is 2.57. The molecule has 0 spiro atoms. The van der Waals surface area contributed by atoms with Crippen LogP contribution in [0.1, 0.15) is 5.56 Å². The summed E-state index contributed by atoms with van der Waals surface area (Å²) in [6, 6.07) is 5.43. The number of nitriles is 1. The molecule has 0 amide bonds. The van der Waals surface area contributed by atoms with E-state index in [1.807, 2.05) is 5.38 Å². The van der Waals surface area contributed by atoms with E-state index < -0.39 is 0 Å². The number of nitrogens with zero attached hydrogens (tertiary/aromatic N) is 1. The second-order valence-corrected chi connectivity index (χ2v) is 4.61. The number of rotatable bonds is 0. The third-order valence-electron chi connectivity index (χ3n) is 1.73. The first-order chi connectivity index (χ1) is 6.22. The lowest BCUT2D eigenvalue weighted by atomic mass is 10.2. The van der Waals surface area contributed by atoms with Crippen molar-refractivity contribution in [3.05, 3.63) is 26.6 Å². The van der Waals surface area contributed by atoms with Gasteiger partial charge in [-0.3, -0.25) is 0 Å². The molecule has 0 saturated carbocycles. The molecule has 1 aromatic heterocycles. The zero-order valence-corrected chi connectivity index (χ0v) is 9.39. The molecule has 2 rings (SSSR count). The molecule has 1 aromatic carbocycles. The van der Waals surface area contributed by atoms with Crippen LogP contribution in [-0.2, 0) is 0 Å². The highest BCUT2D eigenvalue weighted by Crippen LogP contribution is 2.32. The average Bonchev–Trinajstić information content (AvgIpc) is 2.47. The topological polar surface area (TPSA) is 44.0 Å². The number of benzene rings is 1. The lowest BCUT2D eigenvalue weighted by Crippen LogP contribution is -1.74. The summed E-state index contributed by atoms with van der Waals surface area (Å²) in [5, 5.41) is 20.8. The maximum Gasteiger partial charge on any atom is 0.117 e. The minimum absolute atomic E-state index is 0.215. The molecular formula is C9H4INOS. The normalized spacial score (nSPS) is 10.2. The quantitative estimate of drug-likeness (QED) is 0.760. The highest BCUT2D eigenvalue weighted by Gasteiger charge is 2.07. The first kappa shape index (κ1) is 8.78. The minimum atomic E-state index is 0.215. The summed E-state index contributed by atoms with van der Waals surface area (Å²) in [5.74, 6) is 0.215. The van der Waals surface area contributed by atoms with Crippen LogP contribution >= 0.6 is 33.9 Å². The van der Waals surface area contributed by atoms with Crippen LogP contribution in [0.3, 0.4) is 0 Å². The SMILES string of the molecule is N#Cc1csc2c(I)cc(O)cc12. The number of fused-ring (bicyclic) bond motifs is 1. The molecule has 0 fully saturated rings. The van der Waals surface area contributed by atoms with E-state index in [9.17, 15) is 5.11 Å². The zero-order valence-electron chi connectivity index (χ0n) is 6.41. The van der Waals surface area contributed by atoms with E-state index in [1.54, 1.807) is 12.1 Å². The van der Waals surface area contributed by atoms with E-state index in [0.29, 0.717) is 5.56 Å². The minimum Gasteiger partial charge on any atom is -0.508 e. The van der Waals surface area contributed by atoms with E-state index in [1.165, 1.54) is 11.3 Å². The maximum atomic E-state index is 9.34. The van der Waals surface area contributed by atoms with Crippen LogP contribution in [0.4, 0.5) is 0 Å². The molecule has 0 bridgehead atoms.